The lowest BCUT2D eigenvalue weighted by atomic mass is 10.0. The predicted octanol–water partition coefficient (Wildman–Crippen LogP) is 3.87. The zero-order chi connectivity index (χ0) is 15.2. The van der Waals surface area contributed by atoms with Crippen LogP contribution in [-0.2, 0) is 0 Å². The largest absolute Gasteiger partial charge is 0.472 e. The average molecular weight is 307 g/mol. The van der Waals surface area contributed by atoms with Crippen LogP contribution in [0.2, 0.25) is 0 Å². The summed E-state index contributed by atoms with van der Waals surface area (Å²) in [4.78, 5) is 5.68. The maximum absolute atomic E-state index is 6.36. The second-order valence-electron chi connectivity index (χ2n) is 5.43. The topological polar surface area (TPSA) is 64.1 Å². The van der Waals surface area contributed by atoms with Crippen molar-refractivity contribution >= 4 is 11.3 Å². The van der Waals surface area contributed by atoms with E-state index in [0.717, 1.165) is 36.5 Å². The molecule has 0 spiro atoms. The Bertz CT molecular complexity index is 536. The summed E-state index contributed by atoms with van der Waals surface area (Å²) < 4.78 is 5.21. The molecule has 0 aromatic carbocycles. The Kier molecular flexibility index (Phi) is 5.96. The van der Waals surface area contributed by atoms with Crippen molar-refractivity contribution in [2.45, 2.75) is 52.1 Å². The molecule has 0 saturated carbocycles. The molecule has 21 heavy (non-hydrogen) atoms. The minimum absolute atomic E-state index is 0.0639. The Balaban J connectivity index is 1.96. The first-order valence-corrected chi connectivity index (χ1v) is 8.38. The van der Waals surface area contributed by atoms with Crippen LogP contribution in [0.3, 0.4) is 0 Å². The Morgan fingerprint density at radius 1 is 1.38 bits per heavy atom. The summed E-state index contributed by atoms with van der Waals surface area (Å²) in [6, 6.07) is 2.40. The van der Waals surface area contributed by atoms with Crippen molar-refractivity contribution in [3.8, 4) is 0 Å². The molecule has 116 valence electrons. The number of nitrogens with two attached hydrogens (primary N) is 1. The van der Waals surface area contributed by atoms with Crippen LogP contribution >= 0.6 is 11.3 Å². The SMILES string of the molecule is CCCNC(CCC(N)c1sc(C)nc1C)c1ccoc1. The van der Waals surface area contributed by atoms with Crippen LogP contribution in [0.1, 0.15) is 59.4 Å². The number of nitrogens with one attached hydrogen (secondary N) is 1. The van der Waals surface area contributed by atoms with E-state index in [-0.39, 0.29) is 6.04 Å². The van der Waals surface area contributed by atoms with Gasteiger partial charge >= 0.3 is 0 Å². The molecule has 0 radical (unpaired) electrons. The van der Waals surface area contributed by atoms with Gasteiger partial charge in [0.25, 0.3) is 0 Å². The highest BCUT2D eigenvalue weighted by Crippen LogP contribution is 2.29. The van der Waals surface area contributed by atoms with Gasteiger partial charge in [-0.05, 0) is 45.7 Å². The smallest absolute Gasteiger partial charge is 0.0950 e. The Labute approximate surface area is 130 Å². The maximum atomic E-state index is 6.36. The molecule has 5 heteroatoms. The molecule has 0 fully saturated rings. The molecule has 2 unspecified atom stereocenters. The molecule has 0 saturated heterocycles. The third kappa shape index (κ3) is 4.40. The molecule has 2 heterocycles. The summed E-state index contributed by atoms with van der Waals surface area (Å²) in [5.41, 5.74) is 8.64. The van der Waals surface area contributed by atoms with Gasteiger partial charge in [0.05, 0.1) is 23.2 Å². The highest BCUT2D eigenvalue weighted by Gasteiger charge is 2.17. The van der Waals surface area contributed by atoms with Gasteiger partial charge in [-0.15, -0.1) is 11.3 Å². The zero-order valence-corrected chi connectivity index (χ0v) is 13.9. The van der Waals surface area contributed by atoms with Crippen molar-refractivity contribution in [3.05, 3.63) is 39.7 Å². The molecule has 3 N–H and O–H groups in total. The van der Waals surface area contributed by atoms with Crippen molar-refractivity contribution < 1.29 is 4.42 Å². The minimum Gasteiger partial charge on any atom is -0.472 e. The second-order valence-corrected chi connectivity index (χ2v) is 6.66. The summed E-state index contributed by atoms with van der Waals surface area (Å²) in [5.74, 6) is 0. The quantitative estimate of drug-likeness (QED) is 0.777. The molecular weight excluding hydrogens is 282 g/mol. The lowest BCUT2D eigenvalue weighted by Gasteiger charge is -2.19. The van der Waals surface area contributed by atoms with E-state index in [1.807, 2.05) is 26.2 Å². The van der Waals surface area contributed by atoms with Crippen LogP contribution in [0, 0.1) is 13.8 Å². The maximum Gasteiger partial charge on any atom is 0.0950 e. The molecule has 0 aliphatic heterocycles. The van der Waals surface area contributed by atoms with Crippen LogP contribution < -0.4 is 11.1 Å². The van der Waals surface area contributed by atoms with Gasteiger partial charge < -0.3 is 15.5 Å². The van der Waals surface area contributed by atoms with E-state index in [2.05, 4.69) is 17.2 Å². The zero-order valence-electron chi connectivity index (χ0n) is 13.1. The van der Waals surface area contributed by atoms with Crippen LogP contribution in [0.5, 0.6) is 0 Å². The van der Waals surface area contributed by atoms with E-state index in [9.17, 15) is 0 Å². The highest BCUT2D eigenvalue weighted by atomic mass is 32.1. The fourth-order valence-corrected chi connectivity index (χ4v) is 3.51. The predicted molar refractivity (Wildman–Crippen MR) is 87.5 cm³/mol. The van der Waals surface area contributed by atoms with E-state index in [1.54, 1.807) is 17.6 Å². The Morgan fingerprint density at radius 2 is 2.19 bits per heavy atom. The minimum atomic E-state index is 0.0639. The number of hydrogen-bond donors (Lipinski definition) is 2. The summed E-state index contributed by atoms with van der Waals surface area (Å²) in [6.07, 6.45) is 6.60. The molecule has 4 nitrogen and oxygen atoms in total. The van der Waals surface area contributed by atoms with Gasteiger partial charge in [0.1, 0.15) is 0 Å². The first kappa shape index (κ1) is 16.2. The van der Waals surface area contributed by atoms with E-state index >= 15 is 0 Å². The molecule has 0 aliphatic carbocycles. The van der Waals surface area contributed by atoms with E-state index < -0.39 is 0 Å². The molecule has 2 aromatic heterocycles. The monoisotopic (exact) mass is 307 g/mol. The van der Waals surface area contributed by atoms with Crippen LogP contribution in [0.15, 0.2) is 23.0 Å². The number of furan rings is 1. The summed E-state index contributed by atoms with van der Waals surface area (Å²) in [6.45, 7) is 7.25. The number of hydrogen-bond acceptors (Lipinski definition) is 5. The Morgan fingerprint density at radius 3 is 2.76 bits per heavy atom. The number of aromatic nitrogens is 1. The molecule has 2 rings (SSSR count). The third-order valence-electron chi connectivity index (χ3n) is 3.63. The van der Waals surface area contributed by atoms with Gasteiger partial charge in [0.2, 0.25) is 0 Å². The molecule has 0 aliphatic rings. The standard InChI is InChI=1S/C16H25N3OS/c1-4-8-18-15(13-7-9-20-10-13)6-5-14(17)16-11(2)19-12(3)21-16/h7,9-10,14-15,18H,4-6,8,17H2,1-3H3. The summed E-state index contributed by atoms with van der Waals surface area (Å²) in [7, 11) is 0. The lowest BCUT2D eigenvalue weighted by molar-refractivity contribution is 0.455. The van der Waals surface area contributed by atoms with Gasteiger partial charge in [-0.1, -0.05) is 6.92 Å². The third-order valence-corrected chi connectivity index (χ3v) is 4.83. The molecule has 0 amide bonds. The van der Waals surface area contributed by atoms with Gasteiger partial charge in [0, 0.05) is 22.5 Å². The summed E-state index contributed by atoms with van der Waals surface area (Å²) >= 11 is 1.71. The van der Waals surface area contributed by atoms with Crippen LogP contribution in [0.4, 0.5) is 0 Å². The molecule has 0 bridgehead atoms. The first-order valence-electron chi connectivity index (χ1n) is 7.56. The van der Waals surface area contributed by atoms with E-state index in [0.29, 0.717) is 6.04 Å². The van der Waals surface area contributed by atoms with Crippen molar-refractivity contribution in [2.75, 3.05) is 6.54 Å². The highest BCUT2D eigenvalue weighted by molar-refractivity contribution is 7.11. The van der Waals surface area contributed by atoms with E-state index in [4.69, 9.17) is 10.2 Å². The number of aryl methyl sites for hydroxylation is 2. The number of thiazole rings is 1. The average Bonchev–Trinajstić information content (AvgIpc) is 3.08. The number of nitrogens with zero attached hydrogens (tertiary/aromatic N) is 1. The van der Waals surface area contributed by atoms with E-state index in [1.165, 1.54) is 10.4 Å². The van der Waals surface area contributed by atoms with Crippen LogP contribution in [-0.4, -0.2) is 11.5 Å². The number of rotatable bonds is 8. The van der Waals surface area contributed by atoms with Crippen molar-refractivity contribution in [1.82, 2.24) is 10.3 Å². The second kappa shape index (κ2) is 7.73. The molecule has 2 aromatic rings. The molecular formula is C16H25N3OS. The normalized spacial score (nSPS) is 14.3. The van der Waals surface area contributed by atoms with Gasteiger partial charge in [-0.3, -0.25) is 0 Å². The fraction of sp³-hybridized carbons (Fsp3) is 0.562. The van der Waals surface area contributed by atoms with Crippen molar-refractivity contribution in [2.24, 2.45) is 5.73 Å². The van der Waals surface area contributed by atoms with Gasteiger partial charge in [0.15, 0.2) is 0 Å². The van der Waals surface area contributed by atoms with Crippen molar-refractivity contribution in [1.29, 1.82) is 0 Å². The van der Waals surface area contributed by atoms with Crippen LogP contribution in [0.25, 0.3) is 0 Å². The van der Waals surface area contributed by atoms with Gasteiger partial charge in [-0.2, -0.15) is 0 Å². The van der Waals surface area contributed by atoms with Crippen molar-refractivity contribution in [3.63, 3.8) is 0 Å². The fourth-order valence-electron chi connectivity index (χ4n) is 2.55. The van der Waals surface area contributed by atoms with Gasteiger partial charge in [-0.25, -0.2) is 4.98 Å². The Hall–Kier alpha value is -1.17. The lowest BCUT2D eigenvalue weighted by Crippen LogP contribution is -2.23. The summed E-state index contributed by atoms with van der Waals surface area (Å²) in [5, 5.41) is 4.66. The molecule has 2 atom stereocenters. The first-order chi connectivity index (χ1) is 10.1.